The quantitative estimate of drug-likeness (QED) is 0.0507. The highest BCUT2D eigenvalue weighted by Gasteiger charge is 2.46. The molecule has 0 aromatic rings. The van der Waals surface area contributed by atoms with Gasteiger partial charge >= 0.3 is 6.03 Å². The first kappa shape index (κ1) is 42.1. The molecule has 0 bridgehead atoms. The maximum atomic E-state index is 13.2. The molecule has 1 rings (SSSR count). The zero-order valence-corrected chi connectivity index (χ0v) is 29.4. The maximum absolute atomic E-state index is 13.2. The van der Waals surface area contributed by atoms with Gasteiger partial charge in [0.2, 0.25) is 0 Å². The average Bonchev–Trinajstić information content (AvgIpc) is 3.04. The smallest absolute Gasteiger partial charge is 0.319 e. The van der Waals surface area contributed by atoms with Crippen molar-refractivity contribution in [2.45, 2.75) is 211 Å². The van der Waals surface area contributed by atoms with Gasteiger partial charge in [-0.25, -0.2) is 4.79 Å². The molecule has 1 aliphatic heterocycles. The number of rotatable bonds is 30. The summed E-state index contributed by atoms with van der Waals surface area (Å²) in [7, 11) is 0. The van der Waals surface area contributed by atoms with Gasteiger partial charge in [-0.15, -0.1) is 0 Å². The minimum Gasteiger partial charge on any atom is -0.394 e. The van der Waals surface area contributed by atoms with Crippen molar-refractivity contribution >= 4 is 6.03 Å². The van der Waals surface area contributed by atoms with Gasteiger partial charge in [-0.3, -0.25) is 4.90 Å². The van der Waals surface area contributed by atoms with Crippen molar-refractivity contribution in [2.75, 3.05) is 19.7 Å². The summed E-state index contributed by atoms with van der Waals surface area (Å²) < 4.78 is 5.76. The van der Waals surface area contributed by atoms with Gasteiger partial charge in [-0.1, -0.05) is 168 Å². The van der Waals surface area contributed by atoms with Gasteiger partial charge in [-0.05, 0) is 12.8 Å². The Kier molecular flexibility index (Phi) is 27.3. The fraction of sp³-hybridized carbons (Fsp3) is 0.973. The molecule has 1 aliphatic rings. The van der Waals surface area contributed by atoms with Crippen LogP contribution in [-0.2, 0) is 4.74 Å². The van der Waals surface area contributed by atoms with Crippen LogP contribution >= 0.6 is 0 Å². The lowest BCUT2D eigenvalue weighted by Crippen LogP contribution is -2.65. The van der Waals surface area contributed by atoms with Gasteiger partial charge in [0, 0.05) is 13.1 Å². The number of hydrogen-bond donors (Lipinski definition) is 5. The van der Waals surface area contributed by atoms with Crippen LogP contribution in [-0.4, -0.2) is 81.7 Å². The second-order valence-electron chi connectivity index (χ2n) is 13.6. The molecule has 1 saturated heterocycles. The minimum absolute atomic E-state index is 0.337. The molecular weight excluding hydrogens is 568 g/mol. The Labute approximate surface area is 277 Å². The number of ether oxygens (including phenoxy) is 1. The number of nitrogens with one attached hydrogen (secondary N) is 1. The van der Waals surface area contributed by atoms with E-state index in [0.717, 1.165) is 32.1 Å². The van der Waals surface area contributed by atoms with Gasteiger partial charge in [0.15, 0.2) is 6.23 Å². The molecule has 0 aliphatic carbocycles. The van der Waals surface area contributed by atoms with Gasteiger partial charge < -0.3 is 30.5 Å². The third kappa shape index (κ3) is 20.1. The van der Waals surface area contributed by atoms with E-state index in [4.69, 9.17) is 4.74 Å². The third-order valence-corrected chi connectivity index (χ3v) is 9.49. The summed E-state index contributed by atoms with van der Waals surface area (Å²) in [4.78, 5) is 14.7. The van der Waals surface area contributed by atoms with Crippen LogP contribution in [0, 0.1) is 0 Å². The fourth-order valence-corrected chi connectivity index (χ4v) is 6.42. The maximum Gasteiger partial charge on any atom is 0.319 e. The van der Waals surface area contributed by atoms with Crippen molar-refractivity contribution < 1.29 is 30.0 Å². The number of carbonyl (C=O) groups is 1. The Bertz CT molecular complexity index is 667. The van der Waals surface area contributed by atoms with Crippen LogP contribution in [0.3, 0.4) is 0 Å². The van der Waals surface area contributed by atoms with E-state index in [1.807, 2.05) is 0 Å². The predicted octanol–water partition coefficient (Wildman–Crippen LogP) is 7.98. The first-order valence-corrected chi connectivity index (χ1v) is 19.3. The van der Waals surface area contributed by atoms with Crippen molar-refractivity contribution in [3.63, 3.8) is 0 Å². The molecule has 0 spiro atoms. The van der Waals surface area contributed by atoms with E-state index in [1.54, 1.807) is 0 Å². The van der Waals surface area contributed by atoms with Crippen molar-refractivity contribution in [1.82, 2.24) is 10.2 Å². The summed E-state index contributed by atoms with van der Waals surface area (Å²) in [6.07, 6.45) is 25.9. The number of carbonyl (C=O) groups excluding carboxylic acids is 1. The Morgan fingerprint density at radius 3 is 1.33 bits per heavy atom. The molecule has 8 heteroatoms. The lowest BCUT2D eigenvalue weighted by molar-refractivity contribution is -0.257. The fourth-order valence-electron chi connectivity index (χ4n) is 6.42. The molecule has 2 amide bonds. The van der Waals surface area contributed by atoms with E-state index in [-0.39, 0.29) is 6.03 Å². The highest BCUT2D eigenvalue weighted by Crippen LogP contribution is 2.25. The van der Waals surface area contributed by atoms with Crippen LogP contribution in [0.4, 0.5) is 4.79 Å². The molecule has 268 valence electrons. The second-order valence-corrected chi connectivity index (χ2v) is 13.6. The Morgan fingerprint density at radius 2 is 0.933 bits per heavy atom. The number of aliphatic hydroxyl groups is 4. The average molecular weight is 643 g/mol. The van der Waals surface area contributed by atoms with Crippen LogP contribution < -0.4 is 5.32 Å². The molecule has 5 N–H and O–H groups in total. The van der Waals surface area contributed by atoms with Crippen LogP contribution in [0.1, 0.15) is 181 Å². The van der Waals surface area contributed by atoms with Crippen molar-refractivity contribution in [3.05, 3.63) is 0 Å². The Balaban J connectivity index is 2.32. The molecule has 0 aromatic heterocycles. The lowest BCUT2D eigenvalue weighted by atomic mass is 9.97. The molecule has 45 heavy (non-hydrogen) atoms. The summed E-state index contributed by atoms with van der Waals surface area (Å²) in [6, 6.07) is -0.337. The summed E-state index contributed by atoms with van der Waals surface area (Å²) in [5.74, 6) is 0. The van der Waals surface area contributed by atoms with Gasteiger partial charge in [0.25, 0.3) is 0 Å². The van der Waals surface area contributed by atoms with Crippen molar-refractivity contribution in [2.24, 2.45) is 0 Å². The number of nitrogens with zero attached hydrogens (tertiary/aromatic N) is 1. The van der Waals surface area contributed by atoms with E-state index < -0.39 is 37.3 Å². The molecule has 8 nitrogen and oxygen atoms in total. The van der Waals surface area contributed by atoms with E-state index >= 15 is 0 Å². The summed E-state index contributed by atoms with van der Waals surface area (Å²) in [6.45, 7) is 4.92. The number of urea groups is 1. The molecule has 0 radical (unpaired) electrons. The number of hydrogen-bond acceptors (Lipinski definition) is 6. The predicted molar refractivity (Wildman–Crippen MR) is 185 cm³/mol. The van der Waals surface area contributed by atoms with Crippen molar-refractivity contribution in [3.8, 4) is 0 Å². The largest absolute Gasteiger partial charge is 0.394 e. The van der Waals surface area contributed by atoms with Crippen LogP contribution in [0.5, 0.6) is 0 Å². The Morgan fingerprint density at radius 1 is 0.556 bits per heavy atom. The zero-order chi connectivity index (χ0) is 33.0. The minimum atomic E-state index is -1.50. The first-order chi connectivity index (χ1) is 22.0. The van der Waals surface area contributed by atoms with Gasteiger partial charge in [0.1, 0.15) is 24.4 Å². The summed E-state index contributed by atoms with van der Waals surface area (Å²) >= 11 is 0. The normalized spacial score (nSPS) is 21.7. The van der Waals surface area contributed by atoms with Crippen LogP contribution in [0.15, 0.2) is 0 Å². The second kappa shape index (κ2) is 29.2. The summed E-state index contributed by atoms with van der Waals surface area (Å²) in [5, 5.41) is 43.9. The molecule has 5 atom stereocenters. The van der Waals surface area contributed by atoms with Crippen LogP contribution in [0.2, 0.25) is 0 Å². The van der Waals surface area contributed by atoms with Crippen molar-refractivity contribution in [1.29, 1.82) is 0 Å². The number of unbranched alkanes of at least 4 members (excludes halogenated alkanes) is 24. The van der Waals surface area contributed by atoms with E-state index in [9.17, 15) is 25.2 Å². The zero-order valence-electron chi connectivity index (χ0n) is 29.4. The first-order valence-electron chi connectivity index (χ1n) is 19.3. The van der Waals surface area contributed by atoms with Gasteiger partial charge in [-0.2, -0.15) is 0 Å². The third-order valence-electron chi connectivity index (χ3n) is 9.49. The molecular formula is C37H74N2O6. The highest BCUT2D eigenvalue weighted by molar-refractivity contribution is 5.74. The summed E-state index contributed by atoms with van der Waals surface area (Å²) in [5.41, 5.74) is 0. The standard InChI is InChI=1S/C37H74N2O6/c1-3-5-7-9-11-13-15-16-17-18-19-20-22-24-26-28-30-39(36-35(43)34(42)33(41)32(31-40)45-36)37(44)38-29-27-25-23-21-14-12-10-8-6-4-2/h32-36,40-43H,3-31H2,1-2H3,(H,38,44)/t32-,33-,34+,35-,36?/m1/s1. The molecule has 0 aromatic carbocycles. The van der Waals surface area contributed by atoms with Crippen LogP contribution in [0.25, 0.3) is 0 Å². The Hall–Kier alpha value is -0.930. The molecule has 1 fully saturated rings. The van der Waals surface area contributed by atoms with E-state index in [0.29, 0.717) is 13.1 Å². The molecule has 1 heterocycles. The molecule has 1 unspecified atom stereocenters. The number of amides is 2. The highest BCUT2D eigenvalue weighted by atomic mass is 16.6. The van der Waals surface area contributed by atoms with E-state index in [2.05, 4.69) is 19.2 Å². The molecule has 0 saturated carbocycles. The SMILES string of the molecule is CCCCCCCCCCCCCCCCCCN(C(=O)NCCCCCCCCCCCC)C1O[C@H](CO)[C@@H](O)[C@H](O)[C@H]1O. The number of aliphatic hydroxyl groups excluding tert-OH is 4. The van der Waals surface area contributed by atoms with Gasteiger partial charge in [0.05, 0.1) is 6.61 Å². The monoisotopic (exact) mass is 643 g/mol. The van der Waals surface area contributed by atoms with E-state index in [1.165, 1.54) is 140 Å². The lowest BCUT2D eigenvalue weighted by Gasteiger charge is -2.44. The topological polar surface area (TPSA) is 122 Å².